The monoisotopic (exact) mass is 159 g/mol. The average Bonchev–Trinajstić information content (AvgIpc) is 2.05. The largest absolute Gasteiger partial charge is 0.261 e. The van der Waals surface area contributed by atoms with E-state index in [-0.39, 0.29) is 0 Å². The van der Waals surface area contributed by atoms with Crippen LogP contribution in [0.2, 0.25) is 0 Å². The van der Waals surface area contributed by atoms with Gasteiger partial charge in [0, 0.05) is 11.9 Å². The van der Waals surface area contributed by atoms with Gasteiger partial charge in [-0.1, -0.05) is 24.8 Å². The van der Waals surface area contributed by atoms with Crippen LogP contribution in [0.25, 0.3) is 12.2 Å². The van der Waals surface area contributed by atoms with Crippen LogP contribution in [0.4, 0.5) is 0 Å². The van der Waals surface area contributed by atoms with Crippen molar-refractivity contribution < 1.29 is 0 Å². The van der Waals surface area contributed by atoms with Gasteiger partial charge in [-0.2, -0.15) is 0 Å². The van der Waals surface area contributed by atoms with E-state index in [1.54, 1.807) is 0 Å². The highest BCUT2D eigenvalue weighted by Crippen LogP contribution is 2.12. The molecule has 0 saturated carbocycles. The maximum Gasteiger partial charge on any atom is 0.0379 e. The molecule has 62 valence electrons. The Hall–Kier alpha value is -1.37. The third kappa shape index (κ3) is 1.82. The minimum absolute atomic E-state index is 1.04. The third-order valence-corrected chi connectivity index (χ3v) is 1.67. The van der Waals surface area contributed by atoms with E-state index < -0.39 is 0 Å². The van der Waals surface area contributed by atoms with E-state index >= 15 is 0 Å². The summed E-state index contributed by atoms with van der Waals surface area (Å²) in [6, 6.07) is 2.05. The standard InChI is InChI=1S/C11H13N/c1-4-6-11-7-9(3)12-8-10(11)5-2/h4-8H,2H2,1,3H3. The molecule has 1 aromatic heterocycles. The van der Waals surface area contributed by atoms with Crippen molar-refractivity contribution in [1.82, 2.24) is 4.98 Å². The van der Waals surface area contributed by atoms with Crippen LogP contribution >= 0.6 is 0 Å². The van der Waals surface area contributed by atoms with E-state index in [4.69, 9.17) is 0 Å². The molecule has 1 nitrogen and oxygen atoms in total. The molecule has 0 aromatic carbocycles. The third-order valence-electron chi connectivity index (χ3n) is 1.67. The van der Waals surface area contributed by atoms with Gasteiger partial charge in [0.25, 0.3) is 0 Å². The number of pyridine rings is 1. The van der Waals surface area contributed by atoms with Gasteiger partial charge in [-0.25, -0.2) is 0 Å². The molecule has 0 N–H and O–H groups in total. The minimum atomic E-state index is 1.04. The second kappa shape index (κ2) is 3.86. The highest BCUT2D eigenvalue weighted by atomic mass is 14.7. The molecule has 0 atom stereocenters. The number of hydrogen-bond donors (Lipinski definition) is 0. The molecule has 0 saturated heterocycles. The molecule has 1 heterocycles. The summed E-state index contributed by atoms with van der Waals surface area (Å²) < 4.78 is 0. The van der Waals surface area contributed by atoms with E-state index in [1.165, 1.54) is 5.56 Å². The van der Waals surface area contributed by atoms with Crippen LogP contribution < -0.4 is 0 Å². The highest BCUT2D eigenvalue weighted by molar-refractivity contribution is 5.63. The van der Waals surface area contributed by atoms with Crippen LogP contribution in [0.1, 0.15) is 23.7 Å². The van der Waals surface area contributed by atoms with Gasteiger partial charge < -0.3 is 0 Å². The first-order chi connectivity index (χ1) is 5.77. The molecule has 0 bridgehead atoms. The summed E-state index contributed by atoms with van der Waals surface area (Å²) in [6.45, 7) is 7.72. The van der Waals surface area contributed by atoms with E-state index in [2.05, 4.69) is 23.7 Å². The van der Waals surface area contributed by atoms with Gasteiger partial charge in [0.15, 0.2) is 0 Å². The summed E-state index contributed by atoms with van der Waals surface area (Å²) >= 11 is 0. The lowest BCUT2D eigenvalue weighted by Crippen LogP contribution is -1.86. The van der Waals surface area contributed by atoms with E-state index in [1.807, 2.05) is 32.2 Å². The molecule has 1 heteroatoms. The van der Waals surface area contributed by atoms with Crippen molar-refractivity contribution in [2.24, 2.45) is 0 Å². The molecule has 1 rings (SSSR count). The zero-order chi connectivity index (χ0) is 8.97. The summed E-state index contributed by atoms with van der Waals surface area (Å²) in [5.41, 5.74) is 3.30. The highest BCUT2D eigenvalue weighted by Gasteiger charge is 1.95. The van der Waals surface area contributed by atoms with E-state index in [0.29, 0.717) is 0 Å². The molecule has 0 radical (unpaired) electrons. The first-order valence-corrected chi connectivity index (χ1v) is 3.99. The Morgan fingerprint density at radius 3 is 2.75 bits per heavy atom. The van der Waals surface area contributed by atoms with Crippen molar-refractivity contribution in [2.75, 3.05) is 0 Å². The molecular formula is C11H13N. The van der Waals surface area contributed by atoms with Gasteiger partial charge in [0.05, 0.1) is 0 Å². The van der Waals surface area contributed by atoms with Crippen LogP contribution in [0, 0.1) is 6.92 Å². The molecule has 0 amide bonds. The normalized spacial score (nSPS) is 10.5. The quantitative estimate of drug-likeness (QED) is 0.646. The van der Waals surface area contributed by atoms with Gasteiger partial charge >= 0.3 is 0 Å². The predicted octanol–water partition coefficient (Wildman–Crippen LogP) is 3.07. The number of rotatable bonds is 2. The molecule has 0 unspecified atom stereocenters. The van der Waals surface area contributed by atoms with Crippen molar-refractivity contribution in [3.8, 4) is 0 Å². The SMILES string of the molecule is C=Cc1cnc(C)cc1C=CC. The lowest BCUT2D eigenvalue weighted by Gasteiger charge is -2.00. The van der Waals surface area contributed by atoms with Crippen molar-refractivity contribution in [2.45, 2.75) is 13.8 Å². The number of allylic oxidation sites excluding steroid dienone is 1. The van der Waals surface area contributed by atoms with Crippen LogP contribution in [-0.4, -0.2) is 4.98 Å². The summed E-state index contributed by atoms with van der Waals surface area (Å²) in [4.78, 5) is 4.19. The van der Waals surface area contributed by atoms with Crippen molar-refractivity contribution in [3.63, 3.8) is 0 Å². The van der Waals surface area contributed by atoms with Crippen LogP contribution in [-0.2, 0) is 0 Å². The fourth-order valence-electron chi connectivity index (χ4n) is 1.09. The Bertz CT molecular complexity index is 311. The Balaban J connectivity index is 3.20. The Labute approximate surface area is 73.5 Å². The Morgan fingerprint density at radius 2 is 2.17 bits per heavy atom. The van der Waals surface area contributed by atoms with Crippen LogP contribution in [0.15, 0.2) is 24.9 Å². The summed E-state index contributed by atoms with van der Waals surface area (Å²) in [5, 5.41) is 0. The van der Waals surface area contributed by atoms with Gasteiger partial charge in [-0.05, 0) is 31.0 Å². The lowest BCUT2D eigenvalue weighted by atomic mass is 10.1. The molecule has 12 heavy (non-hydrogen) atoms. The molecule has 0 aliphatic rings. The zero-order valence-electron chi connectivity index (χ0n) is 7.54. The Morgan fingerprint density at radius 1 is 1.42 bits per heavy atom. The van der Waals surface area contributed by atoms with E-state index in [9.17, 15) is 0 Å². The summed E-state index contributed by atoms with van der Waals surface area (Å²) in [6.07, 6.45) is 7.74. The number of nitrogens with zero attached hydrogens (tertiary/aromatic N) is 1. The van der Waals surface area contributed by atoms with Crippen molar-refractivity contribution in [3.05, 3.63) is 41.7 Å². The van der Waals surface area contributed by atoms with Gasteiger partial charge in [-0.3, -0.25) is 4.98 Å². The minimum Gasteiger partial charge on any atom is -0.261 e. The Kier molecular flexibility index (Phi) is 2.81. The van der Waals surface area contributed by atoms with Crippen LogP contribution in [0.5, 0.6) is 0 Å². The maximum absolute atomic E-state index is 4.19. The number of hydrogen-bond acceptors (Lipinski definition) is 1. The molecule has 0 aliphatic carbocycles. The van der Waals surface area contributed by atoms with Gasteiger partial charge in [-0.15, -0.1) is 0 Å². The molecule has 1 aromatic rings. The lowest BCUT2D eigenvalue weighted by molar-refractivity contribution is 1.19. The topological polar surface area (TPSA) is 12.9 Å². The second-order valence-electron chi connectivity index (χ2n) is 2.66. The summed E-state index contributed by atoms with van der Waals surface area (Å²) in [7, 11) is 0. The smallest absolute Gasteiger partial charge is 0.0379 e. The average molecular weight is 159 g/mol. The molecule has 0 spiro atoms. The fraction of sp³-hybridized carbons (Fsp3) is 0.182. The van der Waals surface area contributed by atoms with Crippen molar-refractivity contribution >= 4 is 12.2 Å². The van der Waals surface area contributed by atoms with Crippen molar-refractivity contribution in [1.29, 1.82) is 0 Å². The van der Waals surface area contributed by atoms with E-state index in [0.717, 1.165) is 11.3 Å². The molecule has 0 fully saturated rings. The first-order valence-electron chi connectivity index (χ1n) is 3.99. The second-order valence-corrected chi connectivity index (χ2v) is 2.66. The van der Waals surface area contributed by atoms with Crippen LogP contribution in [0.3, 0.4) is 0 Å². The maximum atomic E-state index is 4.19. The number of aryl methyl sites for hydroxylation is 1. The molecular weight excluding hydrogens is 146 g/mol. The number of aromatic nitrogens is 1. The van der Waals surface area contributed by atoms with Gasteiger partial charge in [0.2, 0.25) is 0 Å². The zero-order valence-corrected chi connectivity index (χ0v) is 7.54. The first kappa shape index (κ1) is 8.72. The molecule has 0 aliphatic heterocycles. The van der Waals surface area contributed by atoms with Gasteiger partial charge in [0.1, 0.15) is 0 Å². The fourth-order valence-corrected chi connectivity index (χ4v) is 1.09. The predicted molar refractivity (Wildman–Crippen MR) is 53.8 cm³/mol. The summed E-state index contributed by atoms with van der Waals surface area (Å²) in [5.74, 6) is 0.